The first-order valence-corrected chi connectivity index (χ1v) is 7.57. The maximum absolute atomic E-state index is 12.5. The summed E-state index contributed by atoms with van der Waals surface area (Å²) in [6.07, 6.45) is 6.66. The first kappa shape index (κ1) is 14.8. The Morgan fingerprint density at radius 3 is 2.60 bits per heavy atom. The van der Waals surface area contributed by atoms with Gasteiger partial charge in [0.1, 0.15) is 5.82 Å². The van der Waals surface area contributed by atoms with Crippen LogP contribution in [0.3, 0.4) is 0 Å². The molecule has 1 amide bonds. The number of nitrogens with zero attached hydrogens (tertiary/aromatic N) is 1. The fourth-order valence-corrected chi connectivity index (χ4v) is 2.83. The van der Waals surface area contributed by atoms with Gasteiger partial charge in [-0.2, -0.15) is 0 Å². The number of amides is 1. The van der Waals surface area contributed by atoms with Crippen molar-refractivity contribution in [1.29, 1.82) is 0 Å². The Kier molecular flexibility index (Phi) is 4.63. The van der Waals surface area contributed by atoms with Gasteiger partial charge in [-0.05, 0) is 38.3 Å². The minimum absolute atomic E-state index is 0.0167. The third kappa shape index (κ3) is 3.50. The van der Waals surface area contributed by atoms with Gasteiger partial charge in [0.05, 0.1) is 0 Å². The van der Waals surface area contributed by atoms with Gasteiger partial charge in [0, 0.05) is 23.8 Å². The van der Waals surface area contributed by atoms with E-state index in [0.717, 1.165) is 30.8 Å². The predicted molar refractivity (Wildman–Crippen MR) is 82.1 cm³/mol. The van der Waals surface area contributed by atoms with E-state index in [0.29, 0.717) is 5.56 Å². The molecule has 0 spiro atoms. The molecule has 1 aliphatic carbocycles. The van der Waals surface area contributed by atoms with Crippen LogP contribution < -0.4 is 10.6 Å². The Labute approximate surface area is 121 Å². The fraction of sp³-hybridized carbons (Fsp3) is 0.625. The van der Waals surface area contributed by atoms with Crippen molar-refractivity contribution >= 4 is 11.7 Å². The molecule has 1 fully saturated rings. The highest BCUT2D eigenvalue weighted by molar-refractivity contribution is 5.95. The third-order valence-corrected chi connectivity index (χ3v) is 4.13. The quantitative estimate of drug-likeness (QED) is 0.887. The molecule has 1 saturated carbocycles. The van der Waals surface area contributed by atoms with Crippen LogP contribution in [0.2, 0.25) is 0 Å². The van der Waals surface area contributed by atoms with E-state index in [1.807, 2.05) is 26.1 Å². The average Bonchev–Trinajstić information content (AvgIpc) is 2.46. The first-order valence-electron chi connectivity index (χ1n) is 7.57. The molecule has 0 saturated heterocycles. The lowest BCUT2D eigenvalue weighted by Gasteiger charge is -2.34. The van der Waals surface area contributed by atoms with Crippen molar-refractivity contribution in [3.63, 3.8) is 0 Å². The molecule has 2 N–H and O–H groups in total. The van der Waals surface area contributed by atoms with Crippen molar-refractivity contribution in [3.05, 3.63) is 23.4 Å². The smallest absolute Gasteiger partial charge is 0.251 e. The number of anilines is 1. The molecule has 0 aliphatic heterocycles. The highest BCUT2D eigenvalue weighted by atomic mass is 16.1. The number of hydrogen-bond acceptors (Lipinski definition) is 3. The summed E-state index contributed by atoms with van der Waals surface area (Å²) in [5, 5.41) is 6.24. The standard InChI is InChI=1S/C16H25N3O/c1-4-13-10-12(11-14(17-3)18-13)15(20)19-16(2)8-6-5-7-9-16/h10-11H,4-9H2,1-3H3,(H,17,18)(H,19,20). The second kappa shape index (κ2) is 6.25. The topological polar surface area (TPSA) is 54.0 Å². The molecule has 0 radical (unpaired) electrons. The Balaban J connectivity index is 2.15. The Bertz CT molecular complexity index is 456. The molecule has 20 heavy (non-hydrogen) atoms. The van der Waals surface area contributed by atoms with Crippen molar-refractivity contribution in [2.24, 2.45) is 0 Å². The zero-order valence-electron chi connectivity index (χ0n) is 12.8. The minimum Gasteiger partial charge on any atom is -0.373 e. The summed E-state index contributed by atoms with van der Waals surface area (Å²) in [7, 11) is 1.83. The first-order chi connectivity index (χ1) is 9.56. The molecule has 0 bridgehead atoms. The molecule has 1 heterocycles. The van der Waals surface area contributed by atoms with E-state index in [9.17, 15) is 4.79 Å². The third-order valence-electron chi connectivity index (χ3n) is 4.13. The molecule has 0 aromatic carbocycles. The van der Waals surface area contributed by atoms with Crippen molar-refractivity contribution in [1.82, 2.24) is 10.3 Å². The summed E-state index contributed by atoms with van der Waals surface area (Å²) in [5.74, 6) is 0.770. The van der Waals surface area contributed by atoms with Gasteiger partial charge in [-0.3, -0.25) is 4.79 Å². The van der Waals surface area contributed by atoms with E-state index in [1.54, 1.807) is 0 Å². The Morgan fingerprint density at radius 1 is 1.30 bits per heavy atom. The molecule has 1 aromatic heterocycles. The molecule has 4 nitrogen and oxygen atoms in total. The van der Waals surface area contributed by atoms with Gasteiger partial charge in [0.2, 0.25) is 0 Å². The number of hydrogen-bond donors (Lipinski definition) is 2. The highest BCUT2D eigenvalue weighted by Crippen LogP contribution is 2.28. The second-order valence-electron chi connectivity index (χ2n) is 5.91. The van der Waals surface area contributed by atoms with Crippen LogP contribution in [0.5, 0.6) is 0 Å². The minimum atomic E-state index is -0.0508. The number of aromatic nitrogens is 1. The van der Waals surface area contributed by atoms with E-state index >= 15 is 0 Å². The number of nitrogens with one attached hydrogen (secondary N) is 2. The van der Waals surface area contributed by atoms with E-state index < -0.39 is 0 Å². The van der Waals surface area contributed by atoms with Crippen LogP contribution in [0.1, 0.15) is 62.0 Å². The van der Waals surface area contributed by atoms with Gasteiger partial charge >= 0.3 is 0 Å². The number of carbonyl (C=O) groups is 1. The summed E-state index contributed by atoms with van der Waals surface area (Å²) >= 11 is 0. The monoisotopic (exact) mass is 275 g/mol. The van der Waals surface area contributed by atoms with Gasteiger partial charge in [0.25, 0.3) is 5.91 Å². The molecule has 1 aliphatic rings. The summed E-state index contributed by atoms with van der Waals surface area (Å²) < 4.78 is 0. The van der Waals surface area contributed by atoms with Gasteiger partial charge in [0.15, 0.2) is 0 Å². The number of aryl methyl sites for hydroxylation is 1. The number of rotatable bonds is 4. The Hall–Kier alpha value is -1.58. The Morgan fingerprint density at radius 2 is 2.00 bits per heavy atom. The molecule has 1 aromatic rings. The molecule has 110 valence electrons. The lowest BCUT2D eigenvalue weighted by Crippen LogP contribution is -2.47. The molecular weight excluding hydrogens is 250 g/mol. The van der Waals surface area contributed by atoms with Crippen LogP contribution in [-0.2, 0) is 6.42 Å². The summed E-state index contributed by atoms with van der Waals surface area (Å²) in [6, 6.07) is 3.71. The maximum Gasteiger partial charge on any atom is 0.251 e. The van der Waals surface area contributed by atoms with E-state index in [2.05, 4.69) is 22.5 Å². The second-order valence-corrected chi connectivity index (χ2v) is 5.91. The molecular formula is C16H25N3O. The van der Waals surface area contributed by atoms with Crippen LogP contribution in [0.15, 0.2) is 12.1 Å². The normalized spacial score (nSPS) is 17.6. The average molecular weight is 275 g/mol. The van der Waals surface area contributed by atoms with E-state index in [1.165, 1.54) is 19.3 Å². The van der Waals surface area contributed by atoms with E-state index in [4.69, 9.17) is 0 Å². The van der Waals surface area contributed by atoms with Crippen molar-refractivity contribution < 1.29 is 4.79 Å². The van der Waals surface area contributed by atoms with E-state index in [-0.39, 0.29) is 11.4 Å². The maximum atomic E-state index is 12.5. The van der Waals surface area contributed by atoms with Gasteiger partial charge in [-0.15, -0.1) is 0 Å². The summed E-state index contributed by atoms with van der Waals surface area (Å²) in [6.45, 7) is 4.21. The molecule has 2 rings (SSSR count). The molecule has 0 unspecified atom stereocenters. The largest absolute Gasteiger partial charge is 0.373 e. The van der Waals surface area contributed by atoms with Gasteiger partial charge in [-0.25, -0.2) is 4.98 Å². The van der Waals surface area contributed by atoms with Crippen LogP contribution in [0.4, 0.5) is 5.82 Å². The lowest BCUT2D eigenvalue weighted by atomic mass is 9.83. The number of pyridine rings is 1. The molecule has 0 atom stereocenters. The zero-order valence-corrected chi connectivity index (χ0v) is 12.8. The van der Waals surface area contributed by atoms with Gasteiger partial charge < -0.3 is 10.6 Å². The van der Waals surface area contributed by atoms with Crippen molar-refractivity contribution in [3.8, 4) is 0 Å². The SMILES string of the molecule is CCc1cc(C(=O)NC2(C)CCCCC2)cc(NC)n1. The summed E-state index contributed by atoms with van der Waals surface area (Å²) in [4.78, 5) is 16.9. The van der Waals surface area contributed by atoms with Crippen molar-refractivity contribution in [2.45, 2.75) is 57.9 Å². The van der Waals surface area contributed by atoms with Crippen LogP contribution in [0, 0.1) is 0 Å². The van der Waals surface area contributed by atoms with Crippen molar-refractivity contribution in [2.75, 3.05) is 12.4 Å². The van der Waals surface area contributed by atoms with Crippen LogP contribution >= 0.6 is 0 Å². The molecule has 4 heteroatoms. The number of carbonyl (C=O) groups excluding carboxylic acids is 1. The van der Waals surface area contributed by atoms with Crippen LogP contribution in [0.25, 0.3) is 0 Å². The van der Waals surface area contributed by atoms with Gasteiger partial charge in [-0.1, -0.05) is 26.2 Å². The lowest BCUT2D eigenvalue weighted by molar-refractivity contribution is 0.0882. The van der Waals surface area contributed by atoms with Crippen LogP contribution in [-0.4, -0.2) is 23.5 Å². The zero-order chi connectivity index (χ0) is 14.6. The fourth-order valence-electron chi connectivity index (χ4n) is 2.83. The highest BCUT2D eigenvalue weighted by Gasteiger charge is 2.28. The predicted octanol–water partition coefficient (Wildman–Crippen LogP) is 3.14. The summed E-state index contributed by atoms with van der Waals surface area (Å²) in [5.41, 5.74) is 1.59.